The second kappa shape index (κ2) is 5.50. The molecular formula is C13H18F3N3O2. The molecule has 1 aromatic heterocycles. The van der Waals surface area contributed by atoms with Gasteiger partial charge < -0.3 is 10.1 Å². The zero-order chi connectivity index (χ0) is 16.5. The van der Waals surface area contributed by atoms with Crippen molar-refractivity contribution in [1.82, 2.24) is 15.3 Å². The van der Waals surface area contributed by atoms with E-state index in [1.54, 1.807) is 20.8 Å². The first kappa shape index (κ1) is 17.2. The minimum Gasteiger partial charge on any atom is -0.444 e. The van der Waals surface area contributed by atoms with Crippen molar-refractivity contribution in [3.05, 3.63) is 23.8 Å². The third-order valence-corrected chi connectivity index (χ3v) is 2.32. The fraction of sp³-hybridized carbons (Fsp3) is 0.615. The van der Waals surface area contributed by atoms with Gasteiger partial charge in [0, 0.05) is 6.20 Å². The molecule has 0 atom stereocenters. The maximum atomic E-state index is 12.6. The Morgan fingerprint density at radius 3 is 2.24 bits per heavy atom. The number of carbonyl (C=O) groups excluding carboxylic acids is 1. The molecule has 1 aromatic rings. The molecule has 1 N–H and O–H groups in total. The number of amides is 1. The lowest BCUT2D eigenvalue weighted by atomic mass is 10.0. The normalized spacial score (nSPS) is 13.0. The summed E-state index contributed by atoms with van der Waals surface area (Å²) < 4.78 is 43.0. The summed E-state index contributed by atoms with van der Waals surface area (Å²) in [7, 11) is 0. The van der Waals surface area contributed by atoms with E-state index in [4.69, 9.17) is 4.74 Å². The number of hydrogen-bond acceptors (Lipinski definition) is 4. The van der Waals surface area contributed by atoms with Crippen LogP contribution in [0.15, 0.2) is 12.3 Å². The number of hydrogen-bond donors (Lipinski definition) is 1. The number of rotatable bonds is 2. The van der Waals surface area contributed by atoms with Crippen molar-refractivity contribution in [2.24, 2.45) is 0 Å². The molecule has 5 nitrogen and oxygen atoms in total. The summed E-state index contributed by atoms with van der Waals surface area (Å²) in [6.07, 6.45) is -4.32. The summed E-state index contributed by atoms with van der Waals surface area (Å²) in [5.74, 6) is -0.150. The van der Waals surface area contributed by atoms with E-state index in [0.29, 0.717) is 0 Å². The number of aromatic nitrogens is 2. The number of nitrogens with one attached hydrogen (secondary N) is 1. The Labute approximate surface area is 120 Å². The summed E-state index contributed by atoms with van der Waals surface area (Å²) in [5, 5.41) is 2.45. The van der Waals surface area contributed by atoms with E-state index in [0.717, 1.165) is 12.3 Å². The lowest BCUT2D eigenvalue weighted by molar-refractivity contribution is -0.141. The SMILES string of the molecule is CC(C)(C)OC(=O)NC(C)(C)c1nccc(C(F)(F)F)n1. The molecule has 0 saturated carbocycles. The van der Waals surface area contributed by atoms with Gasteiger partial charge in [0.15, 0.2) is 5.82 Å². The smallest absolute Gasteiger partial charge is 0.433 e. The maximum absolute atomic E-state index is 12.6. The van der Waals surface area contributed by atoms with Crippen LogP contribution in [-0.4, -0.2) is 21.7 Å². The van der Waals surface area contributed by atoms with E-state index in [1.807, 2.05) is 0 Å². The topological polar surface area (TPSA) is 64.1 Å². The van der Waals surface area contributed by atoms with Crippen molar-refractivity contribution < 1.29 is 22.7 Å². The molecular weight excluding hydrogens is 287 g/mol. The Morgan fingerprint density at radius 2 is 1.76 bits per heavy atom. The quantitative estimate of drug-likeness (QED) is 0.911. The van der Waals surface area contributed by atoms with E-state index in [-0.39, 0.29) is 5.82 Å². The highest BCUT2D eigenvalue weighted by atomic mass is 19.4. The Bertz CT molecular complexity index is 522. The molecule has 0 aliphatic rings. The first-order chi connectivity index (χ1) is 9.31. The zero-order valence-electron chi connectivity index (χ0n) is 12.5. The molecule has 0 unspecified atom stereocenters. The van der Waals surface area contributed by atoms with Crippen molar-refractivity contribution in [2.45, 2.75) is 51.9 Å². The van der Waals surface area contributed by atoms with Gasteiger partial charge in [0.1, 0.15) is 11.3 Å². The van der Waals surface area contributed by atoms with Crippen LogP contribution in [-0.2, 0) is 16.5 Å². The van der Waals surface area contributed by atoms with Crippen molar-refractivity contribution in [3.8, 4) is 0 Å². The van der Waals surface area contributed by atoms with Crippen LogP contribution in [0.2, 0.25) is 0 Å². The fourth-order valence-electron chi connectivity index (χ4n) is 1.43. The fourth-order valence-corrected chi connectivity index (χ4v) is 1.43. The second-order valence-electron chi connectivity index (χ2n) is 6.02. The predicted octanol–water partition coefficient (Wildman–Crippen LogP) is 3.26. The number of alkyl halides is 3. The van der Waals surface area contributed by atoms with Crippen LogP contribution in [0.4, 0.5) is 18.0 Å². The lowest BCUT2D eigenvalue weighted by Crippen LogP contribution is -2.45. The molecule has 1 amide bonds. The Kier molecular flexibility index (Phi) is 4.50. The molecule has 0 aliphatic carbocycles. The van der Waals surface area contributed by atoms with Gasteiger partial charge in [-0.25, -0.2) is 14.8 Å². The Hall–Kier alpha value is -1.86. The van der Waals surface area contributed by atoms with E-state index in [9.17, 15) is 18.0 Å². The number of alkyl carbamates (subject to hydrolysis) is 1. The van der Waals surface area contributed by atoms with Gasteiger partial charge in [-0.3, -0.25) is 0 Å². The van der Waals surface area contributed by atoms with E-state index in [1.165, 1.54) is 13.8 Å². The number of halogens is 3. The summed E-state index contributed by atoms with van der Waals surface area (Å²) in [5.41, 5.74) is -2.98. The molecule has 0 aromatic carbocycles. The van der Waals surface area contributed by atoms with Gasteiger partial charge >= 0.3 is 12.3 Å². The Balaban J connectivity index is 2.95. The molecule has 8 heteroatoms. The highest BCUT2D eigenvalue weighted by molar-refractivity contribution is 5.68. The van der Waals surface area contributed by atoms with Crippen LogP contribution in [0.5, 0.6) is 0 Å². The van der Waals surface area contributed by atoms with Crippen LogP contribution in [0.3, 0.4) is 0 Å². The molecule has 1 heterocycles. The van der Waals surface area contributed by atoms with Crippen LogP contribution in [0, 0.1) is 0 Å². The third-order valence-electron chi connectivity index (χ3n) is 2.32. The molecule has 0 fully saturated rings. The average Bonchev–Trinajstić information content (AvgIpc) is 2.24. The summed E-state index contributed by atoms with van der Waals surface area (Å²) in [6, 6.07) is 0.771. The largest absolute Gasteiger partial charge is 0.444 e. The molecule has 21 heavy (non-hydrogen) atoms. The van der Waals surface area contributed by atoms with Gasteiger partial charge in [0.05, 0.1) is 5.54 Å². The molecule has 0 spiro atoms. The van der Waals surface area contributed by atoms with Gasteiger partial charge in [0.2, 0.25) is 0 Å². The van der Waals surface area contributed by atoms with Crippen molar-refractivity contribution in [3.63, 3.8) is 0 Å². The number of carbonyl (C=O) groups is 1. The molecule has 0 saturated heterocycles. The minimum absolute atomic E-state index is 0.150. The van der Waals surface area contributed by atoms with Crippen molar-refractivity contribution in [2.75, 3.05) is 0 Å². The summed E-state index contributed by atoms with van der Waals surface area (Å²) in [4.78, 5) is 19.0. The van der Waals surface area contributed by atoms with Gasteiger partial charge in [-0.15, -0.1) is 0 Å². The van der Waals surface area contributed by atoms with Crippen LogP contribution in [0.25, 0.3) is 0 Å². The minimum atomic E-state index is -4.57. The van der Waals surface area contributed by atoms with E-state index < -0.39 is 29.1 Å². The standard InChI is InChI=1S/C13H18F3N3O2/c1-11(2,3)21-10(20)19-12(4,5)9-17-7-6-8(18-9)13(14,15)16/h6-7H,1-5H3,(H,19,20). The van der Waals surface area contributed by atoms with Gasteiger partial charge in [0.25, 0.3) is 0 Å². The predicted molar refractivity (Wildman–Crippen MR) is 69.4 cm³/mol. The molecule has 1 rings (SSSR count). The first-order valence-electron chi connectivity index (χ1n) is 6.23. The number of ether oxygens (including phenoxy) is 1. The monoisotopic (exact) mass is 305 g/mol. The highest BCUT2D eigenvalue weighted by Gasteiger charge is 2.35. The summed E-state index contributed by atoms with van der Waals surface area (Å²) >= 11 is 0. The zero-order valence-corrected chi connectivity index (χ0v) is 12.5. The van der Waals surface area contributed by atoms with Crippen molar-refractivity contribution in [1.29, 1.82) is 0 Å². The van der Waals surface area contributed by atoms with E-state index >= 15 is 0 Å². The number of nitrogens with zero attached hydrogens (tertiary/aromatic N) is 2. The first-order valence-corrected chi connectivity index (χ1v) is 6.23. The van der Waals surface area contributed by atoms with E-state index in [2.05, 4.69) is 15.3 Å². The van der Waals surface area contributed by atoms with Gasteiger partial charge in [-0.2, -0.15) is 13.2 Å². The van der Waals surface area contributed by atoms with Crippen LogP contribution < -0.4 is 5.32 Å². The van der Waals surface area contributed by atoms with Crippen LogP contribution in [0.1, 0.15) is 46.1 Å². The van der Waals surface area contributed by atoms with Gasteiger partial charge in [-0.1, -0.05) is 0 Å². The van der Waals surface area contributed by atoms with Crippen molar-refractivity contribution >= 4 is 6.09 Å². The maximum Gasteiger partial charge on any atom is 0.433 e. The highest BCUT2D eigenvalue weighted by Crippen LogP contribution is 2.28. The summed E-state index contributed by atoms with van der Waals surface area (Å²) in [6.45, 7) is 8.03. The molecule has 0 radical (unpaired) electrons. The van der Waals surface area contributed by atoms with Gasteiger partial charge in [-0.05, 0) is 40.7 Å². The second-order valence-corrected chi connectivity index (χ2v) is 6.02. The Morgan fingerprint density at radius 1 is 1.19 bits per heavy atom. The molecule has 0 bridgehead atoms. The lowest BCUT2D eigenvalue weighted by Gasteiger charge is -2.27. The molecule has 0 aliphatic heterocycles. The third kappa shape index (κ3) is 5.20. The average molecular weight is 305 g/mol. The molecule has 118 valence electrons. The van der Waals surface area contributed by atoms with Crippen LogP contribution >= 0.6 is 0 Å².